The maximum atomic E-state index is 8.99. The van der Waals surface area contributed by atoms with E-state index in [0.29, 0.717) is 0 Å². The zero-order chi connectivity index (χ0) is 10.8. The lowest BCUT2D eigenvalue weighted by atomic mass is 10.0. The molecule has 0 radical (unpaired) electrons. The number of hydrogen-bond donors (Lipinski definition) is 2. The molecule has 0 aliphatic carbocycles. The van der Waals surface area contributed by atoms with Crippen LogP contribution in [0.15, 0.2) is 30.5 Å². The lowest BCUT2D eigenvalue weighted by molar-refractivity contribution is 0.268. The molecule has 0 saturated heterocycles. The van der Waals surface area contributed by atoms with Gasteiger partial charge in [-0.25, -0.2) is 0 Å². The van der Waals surface area contributed by atoms with E-state index in [1.54, 1.807) is 6.20 Å². The van der Waals surface area contributed by atoms with E-state index in [9.17, 15) is 0 Å². The average Bonchev–Trinajstić information content (AvgIpc) is 2.28. The van der Waals surface area contributed by atoms with Crippen molar-refractivity contribution in [3.05, 3.63) is 41.6 Å². The fraction of sp³-hybridized carbons (Fsp3) is 0.250. The third kappa shape index (κ3) is 1.84. The van der Waals surface area contributed by atoms with Gasteiger partial charge in [0.15, 0.2) is 0 Å². The molecule has 2 rings (SSSR count). The van der Waals surface area contributed by atoms with Gasteiger partial charge in [0.05, 0.1) is 18.2 Å². The van der Waals surface area contributed by atoms with Crippen LogP contribution in [0.25, 0.3) is 10.9 Å². The van der Waals surface area contributed by atoms with Crippen molar-refractivity contribution in [3.8, 4) is 0 Å². The lowest BCUT2D eigenvalue weighted by Crippen LogP contribution is -2.14. The Hall–Kier alpha value is -1.45. The van der Waals surface area contributed by atoms with Gasteiger partial charge >= 0.3 is 0 Å². The second kappa shape index (κ2) is 3.96. The molecule has 2 aromatic rings. The summed E-state index contributed by atoms with van der Waals surface area (Å²) in [6.45, 7) is 2.00. The van der Waals surface area contributed by atoms with Crippen LogP contribution in [0.3, 0.4) is 0 Å². The van der Waals surface area contributed by atoms with Gasteiger partial charge in [0.25, 0.3) is 0 Å². The third-order valence-corrected chi connectivity index (χ3v) is 2.61. The van der Waals surface area contributed by atoms with Crippen molar-refractivity contribution in [1.29, 1.82) is 0 Å². The predicted octanol–water partition coefficient (Wildman–Crippen LogP) is 1.54. The molecule has 1 unspecified atom stereocenters. The number of pyridine rings is 1. The molecule has 0 bridgehead atoms. The van der Waals surface area contributed by atoms with Crippen LogP contribution in [-0.4, -0.2) is 16.7 Å². The maximum absolute atomic E-state index is 8.99. The van der Waals surface area contributed by atoms with Crippen LogP contribution < -0.4 is 5.73 Å². The highest BCUT2D eigenvalue weighted by Gasteiger charge is 2.06. The van der Waals surface area contributed by atoms with E-state index in [-0.39, 0.29) is 12.6 Å². The molecule has 1 atom stereocenters. The van der Waals surface area contributed by atoms with Gasteiger partial charge in [0.2, 0.25) is 0 Å². The normalized spacial score (nSPS) is 13.0. The molecule has 0 aliphatic rings. The molecule has 0 amide bonds. The summed E-state index contributed by atoms with van der Waals surface area (Å²) in [6, 6.07) is 7.51. The lowest BCUT2D eigenvalue weighted by Gasteiger charge is -2.10. The van der Waals surface area contributed by atoms with Crippen LogP contribution >= 0.6 is 0 Å². The van der Waals surface area contributed by atoms with E-state index in [1.165, 1.54) is 5.56 Å². The van der Waals surface area contributed by atoms with E-state index < -0.39 is 0 Å². The molecular weight excluding hydrogens is 188 g/mol. The molecule has 3 heteroatoms. The largest absolute Gasteiger partial charge is 0.394 e. The minimum absolute atomic E-state index is 0.0369. The number of hydrogen-bond acceptors (Lipinski definition) is 3. The van der Waals surface area contributed by atoms with Gasteiger partial charge in [-0.05, 0) is 36.2 Å². The number of fused-ring (bicyclic) bond motifs is 1. The number of nitrogens with two attached hydrogens (primary N) is 1. The highest BCUT2D eigenvalue weighted by molar-refractivity contribution is 5.82. The molecule has 1 aromatic heterocycles. The van der Waals surface area contributed by atoms with Gasteiger partial charge in [-0.3, -0.25) is 4.98 Å². The molecule has 0 spiro atoms. The van der Waals surface area contributed by atoms with Crippen LogP contribution in [-0.2, 0) is 0 Å². The summed E-state index contributed by atoms with van der Waals surface area (Å²) < 4.78 is 0. The molecule has 1 aromatic carbocycles. The Morgan fingerprint density at radius 2 is 2.20 bits per heavy atom. The van der Waals surface area contributed by atoms with Crippen molar-refractivity contribution in [2.45, 2.75) is 13.0 Å². The number of aryl methyl sites for hydroxylation is 1. The number of aromatic nitrogens is 1. The Morgan fingerprint density at radius 3 is 2.93 bits per heavy atom. The third-order valence-electron chi connectivity index (χ3n) is 2.61. The quantitative estimate of drug-likeness (QED) is 0.776. The summed E-state index contributed by atoms with van der Waals surface area (Å²) in [6.07, 6.45) is 1.79. The second-order valence-electron chi connectivity index (χ2n) is 3.69. The maximum Gasteiger partial charge on any atom is 0.0704 e. The van der Waals surface area contributed by atoms with E-state index in [0.717, 1.165) is 16.5 Å². The summed E-state index contributed by atoms with van der Waals surface area (Å²) >= 11 is 0. The zero-order valence-electron chi connectivity index (χ0n) is 8.64. The molecule has 78 valence electrons. The van der Waals surface area contributed by atoms with Crippen LogP contribution in [0.1, 0.15) is 17.2 Å². The summed E-state index contributed by atoms with van der Waals surface area (Å²) in [5.41, 5.74) is 8.85. The Balaban J connectivity index is 2.59. The minimum Gasteiger partial charge on any atom is -0.394 e. The summed E-state index contributed by atoms with van der Waals surface area (Å²) in [5.74, 6) is 0. The minimum atomic E-state index is -0.311. The van der Waals surface area contributed by atoms with E-state index >= 15 is 0 Å². The van der Waals surface area contributed by atoms with Crippen molar-refractivity contribution in [2.24, 2.45) is 5.73 Å². The fourth-order valence-corrected chi connectivity index (χ4v) is 1.64. The first kappa shape index (κ1) is 10.1. The van der Waals surface area contributed by atoms with Gasteiger partial charge in [0.1, 0.15) is 0 Å². The molecule has 3 nitrogen and oxygen atoms in total. The number of aliphatic hydroxyl groups excluding tert-OH is 1. The first-order valence-electron chi connectivity index (χ1n) is 4.94. The molecule has 0 aliphatic heterocycles. The van der Waals surface area contributed by atoms with Gasteiger partial charge in [0, 0.05) is 11.6 Å². The van der Waals surface area contributed by atoms with Crippen LogP contribution in [0.2, 0.25) is 0 Å². The predicted molar refractivity (Wildman–Crippen MR) is 60.5 cm³/mol. The van der Waals surface area contributed by atoms with Crippen molar-refractivity contribution in [2.75, 3.05) is 6.61 Å². The highest BCUT2D eigenvalue weighted by atomic mass is 16.3. The Kier molecular flexibility index (Phi) is 2.66. The second-order valence-corrected chi connectivity index (χ2v) is 3.69. The first-order valence-corrected chi connectivity index (χ1v) is 4.94. The standard InChI is InChI=1S/C12H14N2O/c1-8-4-5-14-12-3-2-9(6-10(8)12)11(13)7-15/h2-6,11,15H,7,13H2,1H3. The van der Waals surface area contributed by atoms with Gasteiger partial charge in [-0.1, -0.05) is 6.07 Å². The monoisotopic (exact) mass is 202 g/mol. The van der Waals surface area contributed by atoms with Crippen LogP contribution in [0.5, 0.6) is 0 Å². The topological polar surface area (TPSA) is 59.1 Å². The van der Waals surface area contributed by atoms with Crippen molar-refractivity contribution in [3.63, 3.8) is 0 Å². The fourth-order valence-electron chi connectivity index (χ4n) is 1.64. The number of aliphatic hydroxyl groups is 1. The van der Waals surface area contributed by atoms with E-state index in [2.05, 4.69) is 4.98 Å². The Morgan fingerprint density at radius 1 is 1.40 bits per heavy atom. The SMILES string of the molecule is Cc1ccnc2ccc(C(N)CO)cc12. The van der Waals surface area contributed by atoms with Gasteiger partial charge < -0.3 is 10.8 Å². The van der Waals surface area contributed by atoms with Crippen molar-refractivity contribution < 1.29 is 5.11 Å². The number of rotatable bonds is 2. The number of benzene rings is 1. The highest BCUT2D eigenvalue weighted by Crippen LogP contribution is 2.20. The molecule has 0 saturated carbocycles. The Bertz CT molecular complexity index is 482. The molecule has 0 fully saturated rings. The summed E-state index contributed by atoms with van der Waals surface area (Å²) in [4.78, 5) is 4.26. The van der Waals surface area contributed by atoms with E-state index in [4.69, 9.17) is 10.8 Å². The van der Waals surface area contributed by atoms with Crippen molar-refractivity contribution in [1.82, 2.24) is 4.98 Å². The molecule has 15 heavy (non-hydrogen) atoms. The number of nitrogens with zero attached hydrogens (tertiary/aromatic N) is 1. The first-order chi connectivity index (χ1) is 7.22. The summed E-state index contributed by atoms with van der Waals surface area (Å²) in [5, 5.41) is 10.1. The van der Waals surface area contributed by atoms with E-state index in [1.807, 2.05) is 31.2 Å². The molecule has 1 heterocycles. The van der Waals surface area contributed by atoms with Gasteiger partial charge in [-0.2, -0.15) is 0 Å². The van der Waals surface area contributed by atoms with Crippen LogP contribution in [0, 0.1) is 6.92 Å². The van der Waals surface area contributed by atoms with Crippen molar-refractivity contribution >= 4 is 10.9 Å². The average molecular weight is 202 g/mol. The molecule has 3 N–H and O–H groups in total. The van der Waals surface area contributed by atoms with Crippen LogP contribution in [0.4, 0.5) is 0 Å². The molecular formula is C12H14N2O. The zero-order valence-corrected chi connectivity index (χ0v) is 8.64. The summed E-state index contributed by atoms with van der Waals surface area (Å²) in [7, 11) is 0. The van der Waals surface area contributed by atoms with Gasteiger partial charge in [-0.15, -0.1) is 0 Å². The smallest absolute Gasteiger partial charge is 0.0704 e. The Labute approximate surface area is 88.6 Å².